The Kier molecular flexibility index (Phi) is 3.69. The van der Waals surface area contributed by atoms with Gasteiger partial charge in [-0.1, -0.05) is 12.1 Å². The molecule has 1 atom stereocenters. The quantitative estimate of drug-likeness (QED) is 0.908. The van der Waals surface area contributed by atoms with Gasteiger partial charge in [-0.25, -0.2) is 8.78 Å². The molecule has 0 radical (unpaired) electrons. The molecule has 0 aromatic heterocycles. The fourth-order valence-corrected chi connectivity index (χ4v) is 1.98. The van der Waals surface area contributed by atoms with Crippen molar-refractivity contribution in [2.24, 2.45) is 0 Å². The molecule has 0 spiro atoms. The Hall–Kier alpha value is -2.10. The average Bonchev–Trinajstić information content (AvgIpc) is 2.37. The summed E-state index contributed by atoms with van der Waals surface area (Å²) in [7, 11) is 1.77. The van der Waals surface area contributed by atoms with Gasteiger partial charge in [0.1, 0.15) is 17.4 Å². The largest absolute Gasteiger partial charge is 0.508 e. The lowest BCUT2D eigenvalue weighted by Gasteiger charge is -2.27. The normalized spacial score (nSPS) is 12.2. The van der Waals surface area contributed by atoms with E-state index in [2.05, 4.69) is 0 Å². The van der Waals surface area contributed by atoms with Crippen LogP contribution in [0.3, 0.4) is 0 Å². The van der Waals surface area contributed by atoms with Gasteiger partial charge in [0.15, 0.2) is 0 Å². The van der Waals surface area contributed by atoms with E-state index in [-0.39, 0.29) is 17.6 Å². The molecule has 0 amide bonds. The van der Waals surface area contributed by atoms with Crippen LogP contribution in [0.15, 0.2) is 42.5 Å². The summed E-state index contributed by atoms with van der Waals surface area (Å²) >= 11 is 0. The Balaban J connectivity index is 2.30. The van der Waals surface area contributed by atoms with Crippen LogP contribution in [0.5, 0.6) is 5.75 Å². The van der Waals surface area contributed by atoms with Crippen LogP contribution in [0.25, 0.3) is 0 Å². The van der Waals surface area contributed by atoms with E-state index < -0.39 is 5.82 Å². The maximum atomic E-state index is 13.8. The molecule has 0 aliphatic heterocycles. The van der Waals surface area contributed by atoms with Gasteiger partial charge in [-0.2, -0.15) is 0 Å². The van der Waals surface area contributed by atoms with Gasteiger partial charge in [0.2, 0.25) is 0 Å². The topological polar surface area (TPSA) is 23.5 Å². The first-order chi connectivity index (χ1) is 8.99. The van der Waals surface area contributed by atoms with E-state index in [1.165, 1.54) is 24.3 Å². The Morgan fingerprint density at radius 3 is 2.47 bits per heavy atom. The van der Waals surface area contributed by atoms with E-state index in [9.17, 15) is 13.9 Å². The summed E-state index contributed by atoms with van der Waals surface area (Å²) in [6.45, 7) is 1.82. The van der Waals surface area contributed by atoms with E-state index in [4.69, 9.17) is 0 Å². The van der Waals surface area contributed by atoms with Gasteiger partial charge in [0.25, 0.3) is 0 Å². The first-order valence-corrected chi connectivity index (χ1v) is 5.96. The van der Waals surface area contributed by atoms with Crippen molar-refractivity contribution < 1.29 is 13.9 Å². The predicted octanol–water partition coefficient (Wildman–Crippen LogP) is 3.87. The lowest BCUT2D eigenvalue weighted by molar-refractivity contribution is 0.466. The molecule has 0 saturated heterocycles. The first-order valence-electron chi connectivity index (χ1n) is 5.96. The van der Waals surface area contributed by atoms with Crippen molar-refractivity contribution >= 4 is 5.69 Å². The predicted molar refractivity (Wildman–Crippen MR) is 71.3 cm³/mol. The lowest BCUT2D eigenvalue weighted by atomic mass is 10.1. The highest BCUT2D eigenvalue weighted by Crippen LogP contribution is 2.28. The number of anilines is 1. The number of rotatable bonds is 3. The van der Waals surface area contributed by atoms with E-state index in [0.717, 1.165) is 6.07 Å². The first kappa shape index (κ1) is 13.3. The van der Waals surface area contributed by atoms with Crippen LogP contribution in [0.2, 0.25) is 0 Å². The number of benzene rings is 2. The van der Waals surface area contributed by atoms with Crippen molar-refractivity contribution in [2.45, 2.75) is 13.0 Å². The summed E-state index contributed by atoms with van der Waals surface area (Å²) in [4.78, 5) is 1.78. The SMILES string of the molecule is CC(c1ccc(O)cc1F)N(C)c1cccc(F)c1. The summed E-state index contributed by atoms with van der Waals surface area (Å²) in [5, 5.41) is 9.21. The van der Waals surface area contributed by atoms with Crippen molar-refractivity contribution in [3.63, 3.8) is 0 Å². The van der Waals surface area contributed by atoms with Crippen LogP contribution < -0.4 is 4.90 Å². The number of halogens is 2. The second kappa shape index (κ2) is 5.26. The molecule has 4 heteroatoms. The number of phenolic OH excluding ortho intramolecular Hbond substituents is 1. The van der Waals surface area contributed by atoms with Crippen LogP contribution in [0.4, 0.5) is 14.5 Å². The van der Waals surface area contributed by atoms with Crippen LogP contribution in [-0.2, 0) is 0 Å². The van der Waals surface area contributed by atoms with Crippen LogP contribution in [0, 0.1) is 11.6 Å². The highest BCUT2D eigenvalue weighted by atomic mass is 19.1. The third-order valence-corrected chi connectivity index (χ3v) is 3.23. The Labute approximate surface area is 110 Å². The molecule has 0 aliphatic rings. The van der Waals surface area contributed by atoms with E-state index in [1.54, 1.807) is 24.1 Å². The van der Waals surface area contributed by atoms with Gasteiger partial charge in [0.05, 0.1) is 6.04 Å². The molecule has 2 nitrogen and oxygen atoms in total. The van der Waals surface area contributed by atoms with Gasteiger partial charge >= 0.3 is 0 Å². The van der Waals surface area contributed by atoms with Gasteiger partial charge < -0.3 is 10.0 Å². The summed E-state index contributed by atoms with van der Waals surface area (Å²) in [6.07, 6.45) is 0. The van der Waals surface area contributed by atoms with Gasteiger partial charge in [-0.15, -0.1) is 0 Å². The number of hydrogen-bond donors (Lipinski definition) is 1. The lowest BCUT2D eigenvalue weighted by Crippen LogP contribution is -2.22. The van der Waals surface area contributed by atoms with Crippen LogP contribution in [-0.4, -0.2) is 12.2 Å². The second-order valence-corrected chi connectivity index (χ2v) is 4.47. The fourth-order valence-electron chi connectivity index (χ4n) is 1.98. The van der Waals surface area contributed by atoms with Gasteiger partial charge in [-0.3, -0.25) is 0 Å². The zero-order chi connectivity index (χ0) is 14.0. The van der Waals surface area contributed by atoms with E-state index in [0.29, 0.717) is 11.3 Å². The molecule has 0 aliphatic carbocycles. The van der Waals surface area contributed by atoms with Crippen molar-refractivity contribution in [3.8, 4) is 5.75 Å². The van der Waals surface area contributed by atoms with E-state index >= 15 is 0 Å². The third-order valence-electron chi connectivity index (χ3n) is 3.23. The molecule has 0 bridgehead atoms. The third kappa shape index (κ3) is 2.84. The number of aromatic hydroxyl groups is 1. The van der Waals surface area contributed by atoms with Crippen LogP contribution >= 0.6 is 0 Å². The zero-order valence-electron chi connectivity index (χ0n) is 10.8. The molecule has 1 unspecified atom stereocenters. The molecular weight excluding hydrogens is 248 g/mol. The maximum absolute atomic E-state index is 13.8. The number of nitrogens with zero attached hydrogens (tertiary/aromatic N) is 1. The zero-order valence-corrected chi connectivity index (χ0v) is 10.8. The summed E-state index contributed by atoms with van der Waals surface area (Å²) in [6, 6.07) is 9.91. The molecule has 1 N–H and O–H groups in total. The maximum Gasteiger partial charge on any atom is 0.132 e. The van der Waals surface area contributed by atoms with Crippen molar-refractivity contribution in [3.05, 3.63) is 59.7 Å². The van der Waals surface area contributed by atoms with Crippen LogP contribution in [0.1, 0.15) is 18.5 Å². The standard InChI is InChI=1S/C15H15F2NO/c1-10(14-7-6-13(19)9-15(14)17)18(2)12-5-3-4-11(16)8-12/h3-10,19H,1-2H3. The summed E-state index contributed by atoms with van der Waals surface area (Å²) < 4.78 is 27.0. The molecule has 19 heavy (non-hydrogen) atoms. The smallest absolute Gasteiger partial charge is 0.132 e. The molecule has 0 heterocycles. The number of hydrogen-bond acceptors (Lipinski definition) is 2. The number of phenols is 1. The highest BCUT2D eigenvalue weighted by molar-refractivity contribution is 5.48. The minimum absolute atomic E-state index is 0.109. The highest BCUT2D eigenvalue weighted by Gasteiger charge is 2.16. The molecule has 0 saturated carbocycles. The Morgan fingerprint density at radius 2 is 1.84 bits per heavy atom. The Bertz CT molecular complexity index is 586. The second-order valence-electron chi connectivity index (χ2n) is 4.47. The molecule has 2 aromatic rings. The fraction of sp³-hybridized carbons (Fsp3) is 0.200. The molecule has 100 valence electrons. The minimum atomic E-state index is -0.476. The average molecular weight is 263 g/mol. The minimum Gasteiger partial charge on any atom is -0.508 e. The summed E-state index contributed by atoms with van der Waals surface area (Å²) in [5.74, 6) is -0.916. The summed E-state index contributed by atoms with van der Waals surface area (Å²) in [5.41, 5.74) is 1.12. The molecule has 2 aromatic carbocycles. The molecular formula is C15H15F2NO. The molecule has 2 rings (SSSR count). The van der Waals surface area contributed by atoms with Gasteiger partial charge in [0, 0.05) is 24.4 Å². The van der Waals surface area contributed by atoms with Crippen molar-refractivity contribution in [1.82, 2.24) is 0 Å². The van der Waals surface area contributed by atoms with Crippen molar-refractivity contribution in [2.75, 3.05) is 11.9 Å². The van der Waals surface area contributed by atoms with Gasteiger partial charge in [-0.05, 0) is 31.2 Å². The van der Waals surface area contributed by atoms with E-state index in [1.807, 2.05) is 6.92 Å². The van der Waals surface area contributed by atoms with Crippen molar-refractivity contribution in [1.29, 1.82) is 0 Å². The molecule has 0 fully saturated rings. The monoisotopic (exact) mass is 263 g/mol. The Morgan fingerprint density at radius 1 is 1.11 bits per heavy atom.